The number of esters is 1. The molecule has 1 aromatic rings. The fourth-order valence-electron chi connectivity index (χ4n) is 2.85. The quantitative estimate of drug-likeness (QED) is 0.548. The standard InChI is InChI=1S/C18H20O8/c1-2-3-6-10-9-5-4-7-11(13(9)17(23)24-10)25-18-16(22)15(21)14(20)12(8-19)26-18/h2-7,12,14-16,18-22H,8H2,1H3/b3-2+,10-6-/t12-,14-,15+,16-,18-/m1/s1. The first kappa shape index (κ1) is 18.6. The number of hydrogen-bond acceptors (Lipinski definition) is 8. The molecule has 0 bridgehead atoms. The highest BCUT2D eigenvalue weighted by molar-refractivity contribution is 6.05. The van der Waals surface area contributed by atoms with Crippen LogP contribution in [0.2, 0.25) is 0 Å². The molecule has 2 heterocycles. The molecule has 1 fully saturated rings. The molecule has 0 aliphatic carbocycles. The van der Waals surface area contributed by atoms with Crippen molar-refractivity contribution in [3.8, 4) is 5.75 Å². The Balaban J connectivity index is 1.90. The zero-order chi connectivity index (χ0) is 18.8. The van der Waals surface area contributed by atoms with E-state index in [2.05, 4.69) is 0 Å². The van der Waals surface area contributed by atoms with Gasteiger partial charge in [-0.05, 0) is 19.1 Å². The molecule has 1 aromatic carbocycles. The third-order valence-corrected chi connectivity index (χ3v) is 4.23. The van der Waals surface area contributed by atoms with Gasteiger partial charge in [0.05, 0.1) is 6.61 Å². The third-order valence-electron chi connectivity index (χ3n) is 4.23. The van der Waals surface area contributed by atoms with Gasteiger partial charge in [0, 0.05) is 5.56 Å². The number of cyclic esters (lactones) is 1. The van der Waals surface area contributed by atoms with Crippen molar-refractivity contribution in [2.24, 2.45) is 0 Å². The number of aliphatic hydroxyl groups is 4. The van der Waals surface area contributed by atoms with Crippen LogP contribution in [-0.4, -0.2) is 63.7 Å². The van der Waals surface area contributed by atoms with Gasteiger partial charge in [0.1, 0.15) is 41.5 Å². The molecule has 5 atom stereocenters. The molecule has 0 radical (unpaired) electrons. The monoisotopic (exact) mass is 364 g/mol. The van der Waals surface area contributed by atoms with E-state index in [4.69, 9.17) is 14.2 Å². The van der Waals surface area contributed by atoms with E-state index in [0.29, 0.717) is 11.3 Å². The van der Waals surface area contributed by atoms with Crippen LogP contribution in [0.1, 0.15) is 22.8 Å². The van der Waals surface area contributed by atoms with Crippen LogP contribution in [0.4, 0.5) is 0 Å². The van der Waals surface area contributed by atoms with E-state index in [1.165, 1.54) is 6.07 Å². The van der Waals surface area contributed by atoms with Gasteiger partial charge in [-0.25, -0.2) is 4.79 Å². The molecular weight excluding hydrogens is 344 g/mol. The lowest BCUT2D eigenvalue weighted by Crippen LogP contribution is -2.60. The van der Waals surface area contributed by atoms with Crippen LogP contribution in [0.25, 0.3) is 5.76 Å². The highest BCUT2D eigenvalue weighted by atomic mass is 16.7. The molecule has 2 aliphatic rings. The van der Waals surface area contributed by atoms with Gasteiger partial charge < -0.3 is 34.6 Å². The Kier molecular flexibility index (Phi) is 5.40. The lowest BCUT2D eigenvalue weighted by Gasteiger charge is -2.39. The smallest absolute Gasteiger partial charge is 0.348 e. The second-order valence-corrected chi connectivity index (χ2v) is 5.94. The van der Waals surface area contributed by atoms with Gasteiger partial charge in [-0.1, -0.05) is 24.3 Å². The van der Waals surface area contributed by atoms with E-state index in [0.717, 1.165) is 0 Å². The summed E-state index contributed by atoms with van der Waals surface area (Å²) in [6.45, 7) is 1.25. The summed E-state index contributed by atoms with van der Waals surface area (Å²) in [7, 11) is 0. The molecule has 4 N–H and O–H groups in total. The fraction of sp³-hybridized carbons (Fsp3) is 0.389. The van der Waals surface area contributed by atoms with Gasteiger partial charge >= 0.3 is 5.97 Å². The highest BCUT2D eigenvalue weighted by Crippen LogP contribution is 2.37. The number of carbonyl (C=O) groups excluding carboxylic acids is 1. The van der Waals surface area contributed by atoms with Crippen LogP contribution >= 0.6 is 0 Å². The minimum atomic E-state index is -1.57. The Morgan fingerprint density at radius 2 is 1.96 bits per heavy atom. The van der Waals surface area contributed by atoms with Crippen LogP contribution in [0.5, 0.6) is 5.75 Å². The van der Waals surface area contributed by atoms with Crippen LogP contribution in [-0.2, 0) is 9.47 Å². The first-order valence-electron chi connectivity index (χ1n) is 8.13. The second-order valence-electron chi connectivity index (χ2n) is 5.94. The summed E-state index contributed by atoms with van der Waals surface area (Å²) in [5.41, 5.74) is 0.690. The Labute approximate surface area is 149 Å². The predicted molar refractivity (Wildman–Crippen MR) is 89.0 cm³/mol. The second kappa shape index (κ2) is 7.56. The highest BCUT2D eigenvalue weighted by Gasteiger charge is 2.45. The van der Waals surface area contributed by atoms with E-state index >= 15 is 0 Å². The van der Waals surface area contributed by atoms with Crippen molar-refractivity contribution in [2.45, 2.75) is 37.6 Å². The Bertz CT molecular complexity index is 739. The number of ether oxygens (including phenoxy) is 3. The predicted octanol–water partition coefficient (Wildman–Crippen LogP) is -0.0473. The maximum atomic E-state index is 12.2. The number of benzene rings is 1. The summed E-state index contributed by atoms with van der Waals surface area (Å²) in [4.78, 5) is 12.2. The number of allylic oxidation sites excluding steroid dienone is 3. The van der Waals surface area contributed by atoms with Crippen molar-refractivity contribution in [1.29, 1.82) is 0 Å². The molecule has 0 saturated carbocycles. The lowest BCUT2D eigenvalue weighted by molar-refractivity contribution is -0.277. The number of fused-ring (bicyclic) bond motifs is 1. The van der Waals surface area contributed by atoms with E-state index in [1.54, 1.807) is 30.4 Å². The van der Waals surface area contributed by atoms with E-state index in [9.17, 15) is 25.2 Å². The lowest BCUT2D eigenvalue weighted by atomic mass is 9.99. The van der Waals surface area contributed by atoms with Crippen LogP contribution in [0, 0.1) is 0 Å². The molecule has 26 heavy (non-hydrogen) atoms. The maximum Gasteiger partial charge on any atom is 0.348 e. The Morgan fingerprint density at radius 3 is 2.65 bits per heavy atom. The van der Waals surface area contributed by atoms with Gasteiger partial charge in [0.2, 0.25) is 6.29 Å². The Morgan fingerprint density at radius 1 is 1.19 bits per heavy atom. The van der Waals surface area contributed by atoms with Crippen molar-refractivity contribution in [2.75, 3.05) is 6.61 Å². The normalized spacial score (nSPS) is 32.7. The van der Waals surface area contributed by atoms with Gasteiger partial charge in [0.15, 0.2) is 0 Å². The number of aliphatic hydroxyl groups excluding tert-OH is 4. The summed E-state index contributed by atoms with van der Waals surface area (Å²) < 4.78 is 16.1. The van der Waals surface area contributed by atoms with E-state index in [-0.39, 0.29) is 11.3 Å². The summed E-state index contributed by atoms with van der Waals surface area (Å²) in [5.74, 6) is -0.154. The number of carbonyl (C=O) groups is 1. The molecule has 140 valence electrons. The van der Waals surface area contributed by atoms with Crippen LogP contribution < -0.4 is 4.74 Å². The fourth-order valence-corrected chi connectivity index (χ4v) is 2.85. The first-order valence-corrected chi connectivity index (χ1v) is 8.13. The summed E-state index contributed by atoms with van der Waals surface area (Å²) in [6.07, 6.45) is -1.96. The van der Waals surface area contributed by atoms with Crippen LogP contribution in [0.15, 0.2) is 36.4 Å². The molecule has 0 spiro atoms. The molecular formula is C18H20O8. The maximum absolute atomic E-state index is 12.2. The molecule has 8 nitrogen and oxygen atoms in total. The minimum Gasteiger partial charge on any atom is -0.461 e. The largest absolute Gasteiger partial charge is 0.461 e. The van der Waals surface area contributed by atoms with Gasteiger partial charge in [-0.15, -0.1) is 0 Å². The molecule has 0 amide bonds. The van der Waals surface area contributed by atoms with Crippen molar-refractivity contribution in [3.05, 3.63) is 47.6 Å². The minimum absolute atomic E-state index is 0.0979. The summed E-state index contributed by atoms with van der Waals surface area (Å²) in [5, 5.41) is 39.0. The third kappa shape index (κ3) is 3.25. The molecule has 3 rings (SSSR count). The van der Waals surface area contributed by atoms with Gasteiger partial charge in [-0.2, -0.15) is 0 Å². The molecule has 1 saturated heterocycles. The zero-order valence-electron chi connectivity index (χ0n) is 14.0. The average Bonchev–Trinajstić information content (AvgIpc) is 2.97. The SMILES string of the molecule is C/C=C/C=C1\OC(=O)c2c(O[C@@H]3O[C@H](CO)[C@@H](O)[C@H](O)[C@H]3O)cccc21. The number of rotatable bonds is 4. The topological polar surface area (TPSA) is 126 Å². The van der Waals surface area contributed by atoms with Crippen LogP contribution in [0.3, 0.4) is 0 Å². The number of hydrogen-bond donors (Lipinski definition) is 4. The van der Waals surface area contributed by atoms with Crippen molar-refractivity contribution in [1.82, 2.24) is 0 Å². The van der Waals surface area contributed by atoms with E-state index in [1.807, 2.05) is 6.92 Å². The Hall–Kier alpha value is -2.23. The van der Waals surface area contributed by atoms with Crippen molar-refractivity contribution < 1.29 is 39.4 Å². The summed E-state index contributed by atoms with van der Waals surface area (Å²) >= 11 is 0. The summed E-state index contributed by atoms with van der Waals surface area (Å²) in [6, 6.07) is 4.83. The van der Waals surface area contributed by atoms with Crippen molar-refractivity contribution >= 4 is 11.7 Å². The van der Waals surface area contributed by atoms with Gasteiger partial charge in [0.25, 0.3) is 0 Å². The van der Waals surface area contributed by atoms with Gasteiger partial charge in [-0.3, -0.25) is 0 Å². The molecule has 0 unspecified atom stereocenters. The molecule has 0 aromatic heterocycles. The van der Waals surface area contributed by atoms with E-state index < -0.39 is 43.3 Å². The van der Waals surface area contributed by atoms with Crippen molar-refractivity contribution in [3.63, 3.8) is 0 Å². The zero-order valence-corrected chi connectivity index (χ0v) is 14.0. The molecule has 8 heteroatoms. The first-order chi connectivity index (χ1) is 12.5. The molecule has 2 aliphatic heterocycles. The average molecular weight is 364 g/mol.